The summed E-state index contributed by atoms with van der Waals surface area (Å²) in [5, 5.41) is 13.4. The summed E-state index contributed by atoms with van der Waals surface area (Å²) in [6.45, 7) is 2.13. The molecule has 0 aliphatic rings. The van der Waals surface area contributed by atoms with Crippen LogP contribution in [-0.2, 0) is 0 Å². The number of nitrogens with zero attached hydrogens (tertiary/aromatic N) is 2. The molecule has 0 saturated heterocycles. The van der Waals surface area contributed by atoms with Gasteiger partial charge < -0.3 is 14.7 Å². The van der Waals surface area contributed by atoms with E-state index in [1.165, 1.54) is 4.90 Å². The highest BCUT2D eigenvalue weighted by atomic mass is 32.1. The molecule has 140 valence electrons. The van der Waals surface area contributed by atoms with E-state index < -0.39 is 6.10 Å². The van der Waals surface area contributed by atoms with Crippen LogP contribution in [0.1, 0.15) is 27.7 Å². The summed E-state index contributed by atoms with van der Waals surface area (Å²) in [6.07, 6.45) is -0.793. The fourth-order valence-electron chi connectivity index (χ4n) is 2.79. The van der Waals surface area contributed by atoms with Crippen molar-refractivity contribution in [3.63, 3.8) is 0 Å². The van der Waals surface area contributed by atoms with Crippen LogP contribution in [0, 0.1) is 6.92 Å². The topological polar surface area (TPSA) is 62.7 Å². The maximum Gasteiger partial charge on any atom is 0.253 e. The Morgan fingerprint density at radius 3 is 2.74 bits per heavy atom. The Morgan fingerprint density at radius 2 is 2.04 bits per heavy atom. The molecule has 3 rings (SSSR count). The van der Waals surface area contributed by atoms with E-state index in [2.05, 4.69) is 4.98 Å². The van der Waals surface area contributed by atoms with E-state index in [9.17, 15) is 9.90 Å². The lowest BCUT2D eigenvalue weighted by molar-refractivity contribution is 0.0681. The van der Waals surface area contributed by atoms with Gasteiger partial charge in [-0.25, -0.2) is 4.98 Å². The van der Waals surface area contributed by atoms with Crippen molar-refractivity contribution in [1.82, 2.24) is 9.88 Å². The molecule has 1 N–H and O–H groups in total. The predicted molar refractivity (Wildman–Crippen MR) is 107 cm³/mol. The Morgan fingerprint density at radius 1 is 1.26 bits per heavy atom. The van der Waals surface area contributed by atoms with Crippen LogP contribution in [-0.4, -0.2) is 41.6 Å². The van der Waals surface area contributed by atoms with Crippen molar-refractivity contribution >= 4 is 17.2 Å². The van der Waals surface area contributed by atoms with Gasteiger partial charge in [-0.2, -0.15) is 0 Å². The van der Waals surface area contributed by atoms with Gasteiger partial charge in [-0.15, -0.1) is 11.3 Å². The van der Waals surface area contributed by atoms with Crippen molar-refractivity contribution in [2.45, 2.75) is 13.0 Å². The number of hydrogen-bond acceptors (Lipinski definition) is 5. The van der Waals surface area contributed by atoms with Crippen LogP contribution in [0.5, 0.6) is 5.75 Å². The normalized spacial score (nSPS) is 11.9. The number of aryl methyl sites for hydroxylation is 1. The summed E-state index contributed by atoms with van der Waals surface area (Å²) in [4.78, 5) is 18.8. The molecule has 1 atom stereocenters. The van der Waals surface area contributed by atoms with Crippen LogP contribution in [0.15, 0.2) is 53.9 Å². The second kappa shape index (κ2) is 8.33. The first-order valence-corrected chi connectivity index (χ1v) is 9.46. The number of thiazole rings is 1. The Hall–Kier alpha value is -2.70. The van der Waals surface area contributed by atoms with Crippen LogP contribution >= 0.6 is 11.3 Å². The summed E-state index contributed by atoms with van der Waals surface area (Å²) in [7, 11) is 3.27. The minimum absolute atomic E-state index is 0.146. The van der Waals surface area contributed by atoms with Crippen LogP contribution < -0.4 is 4.74 Å². The van der Waals surface area contributed by atoms with E-state index in [0.29, 0.717) is 16.9 Å². The molecule has 5 nitrogen and oxygen atoms in total. The van der Waals surface area contributed by atoms with E-state index in [4.69, 9.17) is 4.74 Å². The third-order valence-electron chi connectivity index (χ3n) is 4.25. The predicted octanol–water partition coefficient (Wildman–Crippen LogP) is 3.93. The molecule has 6 heteroatoms. The lowest BCUT2D eigenvalue weighted by Crippen LogP contribution is -2.31. The lowest BCUT2D eigenvalue weighted by atomic mass is 10.1. The molecular formula is C21H22N2O3S. The number of carbonyl (C=O) groups is 1. The van der Waals surface area contributed by atoms with E-state index in [0.717, 1.165) is 16.3 Å². The van der Waals surface area contributed by atoms with Gasteiger partial charge in [0, 0.05) is 29.2 Å². The highest BCUT2D eigenvalue weighted by molar-refractivity contribution is 7.13. The first-order valence-electron chi connectivity index (χ1n) is 8.58. The van der Waals surface area contributed by atoms with Crippen LogP contribution in [0.3, 0.4) is 0 Å². The average Bonchev–Trinajstić information content (AvgIpc) is 3.13. The number of rotatable bonds is 6. The molecule has 0 radical (unpaired) electrons. The minimum Gasteiger partial charge on any atom is -0.497 e. The molecule has 0 saturated carbocycles. The van der Waals surface area contributed by atoms with Gasteiger partial charge >= 0.3 is 0 Å². The van der Waals surface area contributed by atoms with Gasteiger partial charge in [-0.05, 0) is 36.8 Å². The number of aromatic nitrogens is 1. The zero-order valence-corrected chi connectivity index (χ0v) is 16.4. The van der Waals surface area contributed by atoms with Gasteiger partial charge in [0.25, 0.3) is 5.91 Å². The Kier molecular flexibility index (Phi) is 5.88. The molecular weight excluding hydrogens is 360 g/mol. The molecule has 1 unspecified atom stereocenters. The van der Waals surface area contributed by atoms with Crippen molar-refractivity contribution in [2.75, 3.05) is 20.7 Å². The fraction of sp³-hybridized carbons (Fsp3) is 0.238. The second-order valence-corrected chi connectivity index (χ2v) is 7.21. The number of ether oxygens (including phenoxy) is 1. The van der Waals surface area contributed by atoms with Gasteiger partial charge in [0.05, 0.1) is 19.8 Å². The SMILES string of the molecule is COc1cccc(C(O)CN(C)C(=O)c2cccc(-c3nc(C)cs3)c2)c1. The van der Waals surface area contributed by atoms with Gasteiger partial charge in [0.15, 0.2) is 0 Å². The summed E-state index contributed by atoms with van der Waals surface area (Å²) in [5.41, 5.74) is 3.16. The molecule has 0 aliphatic heterocycles. The summed E-state index contributed by atoms with van der Waals surface area (Å²) in [6, 6.07) is 14.6. The maximum absolute atomic E-state index is 12.8. The Bertz CT molecular complexity index is 938. The van der Waals surface area contributed by atoms with Crippen molar-refractivity contribution in [3.05, 3.63) is 70.7 Å². The summed E-state index contributed by atoms with van der Waals surface area (Å²) < 4.78 is 5.19. The molecule has 1 amide bonds. The fourth-order valence-corrected chi connectivity index (χ4v) is 3.58. The molecule has 27 heavy (non-hydrogen) atoms. The highest BCUT2D eigenvalue weighted by Crippen LogP contribution is 2.25. The molecule has 2 aromatic carbocycles. The molecule has 0 aliphatic carbocycles. The molecule has 0 spiro atoms. The van der Waals surface area contributed by atoms with E-state index in [1.807, 2.05) is 48.7 Å². The van der Waals surface area contributed by atoms with E-state index >= 15 is 0 Å². The van der Waals surface area contributed by atoms with Gasteiger partial charge in [0.1, 0.15) is 10.8 Å². The molecule has 0 fully saturated rings. The number of amides is 1. The zero-order valence-electron chi connectivity index (χ0n) is 15.5. The van der Waals surface area contributed by atoms with Crippen molar-refractivity contribution in [1.29, 1.82) is 0 Å². The first kappa shape index (κ1) is 19.1. The molecule has 0 bridgehead atoms. The minimum atomic E-state index is -0.793. The number of likely N-dealkylation sites (N-methyl/N-ethyl adjacent to an activating group) is 1. The standard InChI is InChI=1S/C21H22N2O3S/c1-14-13-27-20(22-14)16-7-4-8-17(10-16)21(25)23(2)12-19(24)15-6-5-9-18(11-15)26-3/h4-11,13,19,24H,12H2,1-3H3. The van der Waals surface area contributed by atoms with Crippen LogP contribution in [0.25, 0.3) is 10.6 Å². The maximum atomic E-state index is 12.8. The summed E-state index contributed by atoms with van der Waals surface area (Å²) in [5.74, 6) is 0.527. The second-order valence-electron chi connectivity index (χ2n) is 6.35. The van der Waals surface area contributed by atoms with Gasteiger partial charge in [-0.3, -0.25) is 4.79 Å². The monoisotopic (exact) mass is 382 g/mol. The third kappa shape index (κ3) is 4.53. The number of aliphatic hydroxyl groups is 1. The number of hydrogen-bond donors (Lipinski definition) is 1. The van der Waals surface area contributed by atoms with Crippen molar-refractivity contribution in [3.8, 4) is 16.3 Å². The van der Waals surface area contributed by atoms with Gasteiger partial charge in [0.2, 0.25) is 0 Å². The first-order chi connectivity index (χ1) is 13.0. The number of methoxy groups -OCH3 is 1. The summed E-state index contributed by atoms with van der Waals surface area (Å²) >= 11 is 1.55. The number of benzene rings is 2. The smallest absolute Gasteiger partial charge is 0.253 e. The average molecular weight is 382 g/mol. The Labute approximate surface area is 162 Å². The van der Waals surface area contributed by atoms with Crippen LogP contribution in [0.4, 0.5) is 0 Å². The van der Waals surface area contributed by atoms with Crippen LogP contribution in [0.2, 0.25) is 0 Å². The molecule has 1 aromatic heterocycles. The number of carbonyl (C=O) groups excluding carboxylic acids is 1. The number of aliphatic hydroxyl groups excluding tert-OH is 1. The molecule has 1 heterocycles. The quantitative estimate of drug-likeness (QED) is 0.702. The Balaban J connectivity index is 1.73. The van der Waals surface area contributed by atoms with Crippen molar-refractivity contribution in [2.24, 2.45) is 0 Å². The largest absolute Gasteiger partial charge is 0.497 e. The lowest BCUT2D eigenvalue weighted by Gasteiger charge is -2.21. The van der Waals surface area contributed by atoms with Gasteiger partial charge in [-0.1, -0.05) is 24.3 Å². The zero-order chi connectivity index (χ0) is 19.4. The van der Waals surface area contributed by atoms with Crippen molar-refractivity contribution < 1.29 is 14.6 Å². The van der Waals surface area contributed by atoms with E-state index in [-0.39, 0.29) is 12.5 Å². The molecule has 3 aromatic rings. The third-order valence-corrected chi connectivity index (χ3v) is 5.26. The highest BCUT2D eigenvalue weighted by Gasteiger charge is 2.18. The van der Waals surface area contributed by atoms with E-state index in [1.54, 1.807) is 37.6 Å².